The number of aryl methyl sites for hydroxylation is 4. The van der Waals surface area contributed by atoms with Crippen molar-refractivity contribution in [2.45, 2.75) is 161 Å². The van der Waals surface area contributed by atoms with E-state index in [9.17, 15) is 29.1 Å². The fourth-order valence-electron chi connectivity index (χ4n) is 12.4. The van der Waals surface area contributed by atoms with Gasteiger partial charge >= 0.3 is 28.6 Å². The SMILES string of the molecule is CCN(CC)c1ccc2c(C)c(-c3ccc(N)c(CCO)c3)c(=O)oc2c1.CCN(CC)c1ccc2c(C)c(-c3ccc(NC(=O)OC(C)(C)C)c(CCO[Si](C)(C)C(C)(C)C)c3)c(=O)oc2c1.CCN(CC)c1ccc2c(C)c(Br)c(=O)oc2c1.CCN(CC)c1ccc2c(C)cc(=O)oc2c1. The van der Waals surface area contributed by atoms with Crippen molar-refractivity contribution in [2.75, 3.05) is 96.2 Å². The van der Waals surface area contributed by atoms with Gasteiger partial charge in [0.15, 0.2) is 8.32 Å². The number of nitrogen functional groups attached to an aromatic ring is 1. The lowest BCUT2D eigenvalue weighted by Crippen LogP contribution is -2.41. The molecule has 103 heavy (non-hydrogen) atoms. The Balaban J connectivity index is 0.000000205. The fraction of sp³-hybridized carbons (Fsp3) is 0.410. The Hall–Kier alpha value is -8.95. The Labute approximate surface area is 616 Å². The Morgan fingerprint density at radius 2 is 0.893 bits per heavy atom. The summed E-state index contributed by atoms with van der Waals surface area (Å²) in [7, 11) is -1.96. The maximum atomic E-state index is 13.4. The standard InChI is InChI=1S/C33H48N2O5Si.C22H26N2O3.C14H16BrNO2.C14H17NO2/c1-12-35(13-2)25-15-16-26-22(3)29(30(36)39-28(26)21-25)24-14-17-27(34-31(37)40-32(4,5)6)23(20-24)18-19-38-41(10,11)33(7,8)9;1-4-24(5-2)17-7-8-18-14(3)21(22(26)27-20(18)13-17)16-6-9-19(23)15(12-16)10-11-25;1-4-16(5-2)10-6-7-11-9(3)13(15)14(17)18-12(11)8-10;1-4-15(5-2)11-6-7-12-10(3)8-14(16)17-13(12)9-11/h14-17,20-21H,12-13,18-19H2,1-11H3,(H,34,37);6-9,12-13,25H,4-5,10-11,23H2,1-3H3;6-8H,4-5H2,1-3H3;6-9H,4-5H2,1-3H3. The van der Waals surface area contributed by atoms with E-state index in [0.29, 0.717) is 68.8 Å². The molecule has 10 rings (SSSR count). The van der Waals surface area contributed by atoms with Crippen LogP contribution in [-0.2, 0) is 22.0 Å². The molecule has 10 aromatic rings. The van der Waals surface area contributed by atoms with Crippen molar-refractivity contribution in [2.24, 2.45) is 0 Å². The van der Waals surface area contributed by atoms with Crippen molar-refractivity contribution in [3.05, 3.63) is 195 Å². The number of carbonyl (C=O) groups excluding carboxylic acids is 1. The molecule has 0 saturated carbocycles. The summed E-state index contributed by atoms with van der Waals surface area (Å²) in [6.45, 7) is 48.9. The van der Waals surface area contributed by atoms with Crippen molar-refractivity contribution in [1.29, 1.82) is 0 Å². The molecule has 20 heteroatoms. The van der Waals surface area contributed by atoms with E-state index in [4.69, 9.17) is 32.6 Å². The molecule has 4 N–H and O–H groups in total. The Morgan fingerprint density at radius 3 is 1.30 bits per heavy atom. The predicted octanol–water partition coefficient (Wildman–Crippen LogP) is 18.9. The summed E-state index contributed by atoms with van der Waals surface area (Å²) >= 11 is 3.26. The van der Waals surface area contributed by atoms with Gasteiger partial charge < -0.3 is 57.3 Å². The second kappa shape index (κ2) is 35.5. The molecule has 0 radical (unpaired) electrons. The molecule has 4 aromatic heterocycles. The van der Waals surface area contributed by atoms with Crippen molar-refractivity contribution in [3.8, 4) is 22.3 Å². The second-order valence-corrected chi connectivity index (χ2v) is 33.6. The molecule has 0 saturated heterocycles. The Morgan fingerprint density at radius 1 is 0.505 bits per heavy atom. The van der Waals surface area contributed by atoms with Crippen LogP contribution in [0, 0.1) is 27.7 Å². The zero-order valence-electron chi connectivity index (χ0n) is 64.1. The number of rotatable bonds is 21. The topological polar surface area (TPSA) is 228 Å². The minimum Gasteiger partial charge on any atom is -0.444 e. The summed E-state index contributed by atoms with van der Waals surface area (Å²) in [5.74, 6) is 0. The number of fused-ring (bicyclic) bond motifs is 4. The molecule has 1 amide bonds. The van der Waals surface area contributed by atoms with Crippen LogP contribution in [0.4, 0.5) is 38.9 Å². The average molecular weight is 1490 g/mol. The minimum absolute atomic E-state index is 0.00704. The molecule has 0 atom stereocenters. The number of amides is 1. The molecule has 0 spiro atoms. The van der Waals surface area contributed by atoms with Crippen LogP contribution in [0.15, 0.2) is 157 Å². The van der Waals surface area contributed by atoms with Gasteiger partial charge in [0.2, 0.25) is 0 Å². The maximum Gasteiger partial charge on any atom is 0.412 e. The number of benzene rings is 6. The van der Waals surface area contributed by atoms with Crippen LogP contribution in [-0.4, -0.2) is 90.7 Å². The first kappa shape index (κ1) is 81.3. The van der Waals surface area contributed by atoms with Gasteiger partial charge in [0.25, 0.3) is 0 Å². The van der Waals surface area contributed by atoms with Crippen LogP contribution in [0.1, 0.15) is 130 Å². The normalized spacial score (nSPS) is 11.6. The predicted molar refractivity (Wildman–Crippen MR) is 434 cm³/mol. The molecule has 18 nitrogen and oxygen atoms in total. The lowest BCUT2D eigenvalue weighted by Gasteiger charge is -2.36. The largest absolute Gasteiger partial charge is 0.444 e. The highest BCUT2D eigenvalue weighted by Crippen LogP contribution is 2.38. The molecular formula is C83H107BrN6O12Si. The first-order valence-electron chi connectivity index (χ1n) is 35.9. The first-order chi connectivity index (χ1) is 48.7. The van der Waals surface area contributed by atoms with Crippen LogP contribution in [0.5, 0.6) is 0 Å². The smallest absolute Gasteiger partial charge is 0.412 e. The van der Waals surface area contributed by atoms with E-state index >= 15 is 0 Å². The van der Waals surface area contributed by atoms with Gasteiger partial charge in [0.1, 0.15) is 32.4 Å². The van der Waals surface area contributed by atoms with Gasteiger partial charge in [-0.15, -0.1) is 0 Å². The number of carbonyl (C=O) groups is 1. The van der Waals surface area contributed by atoms with Gasteiger partial charge in [0, 0.05) is 152 Å². The number of nitrogens with two attached hydrogens (primary N) is 1. The zero-order valence-corrected chi connectivity index (χ0v) is 66.7. The number of aliphatic hydroxyl groups excluding tert-OH is 1. The van der Waals surface area contributed by atoms with Gasteiger partial charge in [-0.2, -0.15) is 0 Å². The molecule has 0 bridgehead atoms. The number of anilines is 6. The second-order valence-electron chi connectivity index (χ2n) is 28.0. The van der Waals surface area contributed by atoms with Crippen LogP contribution in [0.2, 0.25) is 18.1 Å². The molecule has 0 unspecified atom stereocenters. The number of nitrogens with one attached hydrogen (secondary N) is 1. The van der Waals surface area contributed by atoms with E-state index < -0.39 is 20.0 Å². The first-order valence-corrected chi connectivity index (χ1v) is 39.6. The monoisotopic (exact) mass is 1490 g/mol. The number of hydrogen-bond donors (Lipinski definition) is 3. The Kier molecular flexibility index (Phi) is 28.0. The van der Waals surface area contributed by atoms with Gasteiger partial charge in [0.05, 0.1) is 11.1 Å². The van der Waals surface area contributed by atoms with Gasteiger partial charge in [-0.1, -0.05) is 32.9 Å². The Bertz CT molecular complexity index is 4860. The summed E-state index contributed by atoms with van der Waals surface area (Å²) < 4.78 is 34.6. The lowest BCUT2D eigenvalue weighted by atomic mass is 9.96. The molecule has 0 aliphatic rings. The quantitative estimate of drug-likeness (QED) is 0.0345. The molecule has 0 fully saturated rings. The van der Waals surface area contributed by atoms with Gasteiger partial charge in [-0.3, -0.25) is 5.32 Å². The summed E-state index contributed by atoms with van der Waals surface area (Å²) in [6.07, 6.45) is 0.490. The average Bonchev–Trinajstić information content (AvgIpc) is 0.777. The lowest BCUT2D eigenvalue weighted by molar-refractivity contribution is 0.0635. The highest BCUT2D eigenvalue weighted by molar-refractivity contribution is 9.10. The van der Waals surface area contributed by atoms with E-state index in [1.807, 2.05) is 127 Å². The summed E-state index contributed by atoms with van der Waals surface area (Å²) in [5, 5.41) is 16.0. The highest BCUT2D eigenvalue weighted by Gasteiger charge is 2.37. The molecule has 6 aromatic carbocycles. The number of aliphatic hydroxyl groups is 1. The maximum absolute atomic E-state index is 13.4. The third kappa shape index (κ3) is 19.9. The van der Waals surface area contributed by atoms with E-state index in [0.717, 1.165) is 141 Å². The minimum atomic E-state index is -1.96. The number of halogens is 1. The van der Waals surface area contributed by atoms with Crippen molar-refractivity contribution >= 4 is 108 Å². The van der Waals surface area contributed by atoms with Crippen LogP contribution < -0.4 is 53.2 Å². The van der Waals surface area contributed by atoms with E-state index in [-0.39, 0.29) is 34.1 Å². The number of hydrogen-bond acceptors (Lipinski definition) is 17. The van der Waals surface area contributed by atoms with Crippen molar-refractivity contribution < 1.29 is 36.7 Å². The van der Waals surface area contributed by atoms with Crippen molar-refractivity contribution in [1.82, 2.24) is 0 Å². The van der Waals surface area contributed by atoms with E-state index in [1.54, 1.807) is 6.07 Å². The summed E-state index contributed by atoms with van der Waals surface area (Å²) in [6, 6.07) is 36.7. The van der Waals surface area contributed by atoms with Gasteiger partial charge in [-0.05, 0) is 268 Å². The highest BCUT2D eigenvalue weighted by atomic mass is 79.9. The fourth-order valence-corrected chi connectivity index (χ4v) is 13.7. The van der Waals surface area contributed by atoms with Gasteiger partial charge in [-0.25, -0.2) is 24.0 Å². The molecule has 552 valence electrons. The molecule has 0 aliphatic heterocycles. The summed E-state index contributed by atoms with van der Waals surface area (Å²) in [4.78, 5) is 70.7. The zero-order chi connectivity index (χ0) is 76.0. The van der Waals surface area contributed by atoms with E-state index in [2.05, 4.69) is 154 Å². The molecule has 4 heterocycles. The van der Waals surface area contributed by atoms with Crippen molar-refractivity contribution in [3.63, 3.8) is 0 Å². The number of nitrogens with zero attached hydrogens (tertiary/aromatic N) is 4. The third-order valence-corrected chi connectivity index (χ3v) is 24.8. The summed E-state index contributed by atoms with van der Waals surface area (Å²) in [5.41, 5.74) is 19.8. The van der Waals surface area contributed by atoms with E-state index in [1.165, 1.54) is 6.07 Å². The van der Waals surface area contributed by atoms with Crippen LogP contribution in [0.3, 0.4) is 0 Å². The van der Waals surface area contributed by atoms with Crippen LogP contribution >= 0.6 is 15.9 Å². The molecule has 0 aliphatic carbocycles. The van der Waals surface area contributed by atoms with Crippen LogP contribution in [0.25, 0.3) is 66.1 Å². The molecular weight excluding hydrogens is 1380 g/mol. The third-order valence-electron chi connectivity index (χ3n) is 19.3. The number of ether oxygens (including phenoxy) is 1.